The molecule has 3 aromatic carbocycles. The van der Waals surface area contributed by atoms with Crippen molar-refractivity contribution in [1.29, 1.82) is 0 Å². The average molecular weight is 538 g/mol. The van der Waals surface area contributed by atoms with E-state index in [2.05, 4.69) is 0 Å². The molecule has 1 N–H and O–H groups in total. The molecule has 0 aliphatic rings. The van der Waals surface area contributed by atoms with Crippen LogP contribution in [0.2, 0.25) is 0 Å². The quantitative estimate of drug-likeness (QED) is 0.368. The molecule has 0 saturated carbocycles. The van der Waals surface area contributed by atoms with E-state index < -0.39 is 33.9 Å². The van der Waals surface area contributed by atoms with Crippen LogP contribution in [0.4, 0.5) is 8.78 Å². The van der Waals surface area contributed by atoms with Crippen LogP contribution in [0.25, 0.3) is 0 Å². The number of rotatable bonds is 12. The van der Waals surface area contributed by atoms with Crippen molar-refractivity contribution in [3.8, 4) is 23.0 Å². The fraction of sp³-hybridized carbons (Fsp3) is 0.308. The minimum absolute atomic E-state index is 0.275. The van der Waals surface area contributed by atoms with Crippen LogP contribution in [-0.4, -0.2) is 46.3 Å². The Morgan fingerprint density at radius 3 is 1.59 bits per heavy atom. The van der Waals surface area contributed by atoms with Gasteiger partial charge in [0.2, 0.25) is 0 Å². The molecule has 0 fully saturated rings. The molecular weight excluding hydrogens is 508 g/mol. The van der Waals surface area contributed by atoms with Gasteiger partial charge in [-0.25, -0.2) is 8.42 Å². The Morgan fingerprint density at radius 2 is 1.22 bits per heavy atom. The summed E-state index contributed by atoms with van der Waals surface area (Å²) in [6.07, 6.45) is 0. The molecule has 0 amide bonds. The lowest BCUT2D eigenvalue weighted by Crippen LogP contribution is -2.41. The maximum Gasteiger partial charge on any atom is 0.384 e. The molecule has 0 saturated heterocycles. The second-order valence-electron chi connectivity index (χ2n) is 8.00. The third-order valence-electron chi connectivity index (χ3n) is 5.82. The molecule has 8 nitrogen and oxygen atoms in total. The van der Waals surface area contributed by atoms with Crippen molar-refractivity contribution in [2.24, 2.45) is 0 Å². The van der Waals surface area contributed by atoms with Crippen LogP contribution in [0.3, 0.4) is 0 Å². The number of alkyl halides is 2. The van der Waals surface area contributed by atoms with Gasteiger partial charge in [0.1, 0.15) is 23.0 Å². The maximum atomic E-state index is 15.6. The predicted octanol–water partition coefficient (Wildman–Crippen LogP) is 4.29. The Kier molecular flexibility index (Phi) is 8.95. The summed E-state index contributed by atoms with van der Waals surface area (Å²) < 4.78 is 80.2. The van der Waals surface area contributed by atoms with Gasteiger partial charge in [0.15, 0.2) is 0 Å². The summed E-state index contributed by atoms with van der Waals surface area (Å²) in [5, 5.41) is 4.95. The number of hydrogen-bond acceptors (Lipinski definition) is 7. The molecule has 3 rings (SSSR count). The van der Waals surface area contributed by atoms with E-state index in [4.69, 9.17) is 18.9 Å². The second-order valence-corrected chi connectivity index (χ2v) is 9.98. The molecule has 11 heteroatoms. The molecule has 0 radical (unpaired) electrons. The van der Waals surface area contributed by atoms with Crippen LogP contribution in [0.1, 0.15) is 22.3 Å². The Bertz CT molecular complexity index is 1260. The zero-order valence-corrected chi connectivity index (χ0v) is 21.7. The Morgan fingerprint density at radius 1 is 0.757 bits per heavy atom. The lowest BCUT2D eigenvalue weighted by atomic mass is 10.1. The molecule has 0 spiro atoms. The van der Waals surface area contributed by atoms with E-state index in [0.29, 0.717) is 32.5 Å². The van der Waals surface area contributed by atoms with Crippen LogP contribution in [0.5, 0.6) is 23.0 Å². The third kappa shape index (κ3) is 5.95. The van der Waals surface area contributed by atoms with Crippen LogP contribution >= 0.6 is 0 Å². The first kappa shape index (κ1) is 28.2. The monoisotopic (exact) mass is 537 g/mol. The molecular formula is C26H29F2NO7S. The predicted molar refractivity (Wildman–Crippen MR) is 134 cm³/mol. The van der Waals surface area contributed by atoms with E-state index in [1.54, 1.807) is 36.4 Å². The van der Waals surface area contributed by atoms with Crippen molar-refractivity contribution in [2.45, 2.75) is 25.0 Å². The van der Waals surface area contributed by atoms with Gasteiger partial charge in [0.05, 0.1) is 35.0 Å². The summed E-state index contributed by atoms with van der Waals surface area (Å²) in [6.45, 7) is -1.21. The van der Waals surface area contributed by atoms with E-state index in [9.17, 15) is 13.5 Å². The smallest absolute Gasteiger partial charge is 0.384 e. The first-order valence-electron chi connectivity index (χ1n) is 11.1. The summed E-state index contributed by atoms with van der Waals surface area (Å²) in [5.41, 5.74) is 0.356. The Balaban J connectivity index is 2.11. The standard InChI is InChI=1S/C26H29F2NO7S/c1-33-22-11-7-19(24(13-22)35-3)15-29(16-20-8-12-23(34-2)14-25(20)36-4)37(31,32)26(27,28)21-9-5-18(17-30)6-10-21/h5-14,30H,15-17H2,1-4H3. The van der Waals surface area contributed by atoms with Crippen molar-refractivity contribution < 1.29 is 41.3 Å². The van der Waals surface area contributed by atoms with Gasteiger partial charge in [-0.2, -0.15) is 13.1 Å². The Labute approximate surface area is 215 Å². The van der Waals surface area contributed by atoms with E-state index >= 15 is 8.78 Å². The van der Waals surface area contributed by atoms with Gasteiger partial charge in [-0.3, -0.25) is 0 Å². The van der Waals surface area contributed by atoms with Crippen molar-refractivity contribution in [2.75, 3.05) is 28.4 Å². The SMILES string of the molecule is COc1ccc(CN(Cc2ccc(OC)cc2OC)S(=O)(=O)C(F)(F)c2ccc(CO)cc2)c(OC)c1. The molecule has 3 aromatic rings. The number of benzene rings is 3. The van der Waals surface area contributed by atoms with Crippen LogP contribution in [0, 0.1) is 0 Å². The van der Waals surface area contributed by atoms with Gasteiger partial charge < -0.3 is 24.1 Å². The highest BCUT2D eigenvalue weighted by Crippen LogP contribution is 2.39. The zero-order valence-electron chi connectivity index (χ0n) is 20.9. The lowest BCUT2D eigenvalue weighted by molar-refractivity contribution is 0.0802. The van der Waals surface area contributed by atoms with Gasteiger partial charge in [-0.1, -0.05) is 36.4 Å². The number of aliphatic hydroxyl groups is 1. The highest BCUT2D eigenvalue weighted by atomic mass is 32.2. The van der Waals surface area contributed by atoms with Gasteiger partial charge in [-0.05, 0) is 17.7 Å². The van der Waals surface area contributed by atoms with Gasteiger partial charge in [-0.15, -0.1) is 0 Å². The van der Waals surface area contributed by atoms with Crippen LogP contribution in [0.15, 0.2) is 60.7 Å². The molecule has 0 unspecified atom stereocenters. The number of nitrogens with zero attached hydrogens (tertiary/aromatic N) is 1. The van der Waals surface area contributed by atoms with Crippen molar-refractivity contribution in [1.82, 2.24) is 4.31 Å². The largest absolute Gasteiger partial charge is 0.497 e. The van der Waals surface area contributed by atoms with E-state index in [0.717, 1.165) is 12.1 Å². The normalized spacial score (nSPS) is 11.9. The van der Waals surface area contributed by atoms with Gasteiger partial charge in [0.25, 0.3) is 10.0 Å². The summed E-state index contributed by atoms with van der Waals surface area (Å²) in [7, 11) is 0.417. The molecule has 37 heavy (non-hydrogen) atoms. The molecule has 0 heterocycles. The topological polar surface area (TPSA) is 94.5 Å². The van der Waals surface area contributed by atoms with Crippen LogP contribution in [-0.2, 0) is 35.0 Å². The average Bonchev–Trinajstić information content (AvgIpc) is 2.92. The molecule has 0 aliphatic heterocycles. The molecule has 0 aromatic heterocycles. The number of aliphatic hydroxyl groups excluding tert-OH is 1. The number of ether oxygens (including phenoxy) is 4. The minimum Gasteiger partial charge on any atom is -0.497 e. The van der Waals surface area contributed by atoms with E-state index in [1.807, 2.05) is 0 Å². The fourth-order valence-electron chi connectivity index (χ4n) is 3.69. The first-order valence-corrected chi connectivity index (χ1v) is 12.5. The molecule has 200 valence electrons. The van der Waals surface area contributed by atoms with E-state index in [1.165, 1.54) is 40.6 Å². The Hall–Kier alpha value is -3.41. The van der Waals surface area contributed by atoms with Crippen LogP contribution < -0.4 is 18.9 Å². The summed E-state index contributed by atoms with van der Waals surface area (Å²) in [4.78, 5) is 0. The second kappa shape index (κ2) is 11.8. The first-order chi connectivity index (χ1) is 17.6. The number of hydrogen-bond donors (Lipinski definition) is 1. The van der Waals surface area contributed by atoms with E-state index in [-0.39, 0.29) is 18.1 Å². The molecule has 0 atom stereocenters. The zero-order chi connectivity index (χ0) is 27.2. The third-order valence-corrected chi connectivity index (χ3v) is 7.64. The molecule has 0 bridgehead atoms. The fourth-order valence-corrected chi connectivity index (χ4v) is 5.06. The number of halogens is 2. The maximum absolute atomic E-state index is 15.6. The minimum atomic E-state index is -5.29. The summed E-state index contributed by atoms with van der Waals surface area (Å²) in [5.74, 6) is 1.47. The molecule has 0 aliphatic carbocycles. The summed E-state index contributed by atoms with van der Waals surface area (Å²) >= 11 is 0. The number of methoxy groups -OCH3 is 4. The highest BCUT2D eigenvalue weighted by Gasteiger charge is 2.50. The lowest BCUT2D eigenvalue weighted by Gasteiger charge is -2.28. The summed E-state index contributed by atoms with van der Waals surface area (Å²) in [6, 6.07) is 13.8. The number of sulfonamides is 1. The van der Waals surface area contributed by atoms with Crippen molar-refractivity contribution >= 4 is 10.0 Å². The van der Waals surface area contributed by atoms with Gasteiger partial charge in [0, 0.05) is 41.9 Å². The highest BCUT2D eigenvalue weighted by molar-refractivity contribution is 7.89. The van der Waals surface area contributed by atoms with Crippen molar-refractivity contribution in [3.63, 3.8) is 0 Å². The van der Waals surface area contributed by atoms with Gasteiger partial charge >= 0.3 is 5.25 Å². The van der Waals surface area contributed by atoms with Crippen molar-refractivity contribution in [3.05, 3.63) is 82.9 Å².